The van der Waals surface area contributed by atoms with Crippen molar-refractivity contribution in [3.63, 3.8) is 0 Å². The number of anilines is 2. The molecule has 2 N–H and O–H groups in total. The van der Waals surface area contributed by atoms with E-state index in [-0.39, 0.29) is 0 Å². The van der Waals surface area contributed by atoms with E-state index in [2.05, 4.69) is 39.8 Å². The molecule has 1 aromatic heterocycles. The van der Waals surface area contributed by atoms with Crippen LogP contribution in [-0.4, -0.2) is 35.1 Å². The summed E-state index contributed by atoms with van der Waals surface area (Å²) in [5, 5.41) is 7.75. The van der Waals surface area contributed by atoms with Gasteiger partial charge in [-0.05, 0) is 43.9 Å². The van der Waals surface area contributed by atoms with Gasteiger partial charge in [0, 0.05) is 18.5 Å². The third-order valence-electron chi connectivity index (χ3n) is 3.26. The van der Waals surface area contributed by atoms with Crippen molar-refractivity contribution < 1.29 is 0 Å². The van der Waals surface area contributed by atoms with Gasteiger partial charge in [-0.1, -0.05) is 18.6 Å². The summed E-state index contributed by atoms with van der Waals surface area (Å²) < 4.78 is 0. The van der Waals surface area contributed by atoms with Crippen molar-refractivity contribution in [1.82, 2.24) is 9.97 Å². The van der Waals surface area contributed by atoms with Gasteiger partial charge in [0.15, 0.2) is 0 Å². The molecular formula is C16H24N4S. The van der Waals surface area contributed by atoms with Crippen molar-refractivity contribution >= 4 is 34.4 Å². The van der Waals surface area contributed by atoms with Crippen molar-refractivity contribution in [2.24, 2.45) is 0 Å². The van der Waals surface area contributed by atoms with Crippen LogP contribution < -0.4 is 10.6 Å². The van der Waals surface area contributed by atoms with Gasteiger partial charge in [-0.3, -0.25) is 0 Å². The average molecular weight is 304 g/mol. The molecule has 0 aliphatic heterocycles. The van der Waals surface area contributed by atoms with Crippen LogP contribution in [0.1, 0.15) is 26.2 Å². The summed E-state index contributed by atoms with van der Waals surface area (Å²) in [5.74, 6) is 2.88. The molecule has 21 heavy (non-hydrogen) atoms. The fourth-order valence-electron chi connectivity index (χ4n) is 2.20. The van der Waals surface area contributed by atoms with Crippen LogP contribution in [0.2, 0.25) is 0 Å². The third kappa shape index (κ3) is 4.77. The number of hydrogen-bond donors (Lipinski definition) is 2. The van der Waals surface area contributed by atoms with Gasteiger partial charge in [-0.25, -0.2) is 4.98 Å². The molecule has 0 saturated carbocycles. The van der Waals surface area contributed by atoms with Gasteiger partial charge < -0.3 is 10.6 Å². The first-order valence-corrected chi connectivity index (χ1v) is 8.98. The summed E-state index contributed by atoms with van der Waals surface area (Å²) in [6.45, 7) is 3.84. The van der Waals surface area contributed by atoms with E-state index >= 15 is 0 Å². The molecule has 0 aliphatic rings. The molecule has 0 unspecified atom stereocenters. The Hall–Kier alpha value is -1.49. The molecule has 2 rings (SSSR count). The lowest BCUT2D eigenvalue weighted by Crippen LogP contribution is -2.08. The van der Waals surface area contributed by atoms with E-state index in [1.165, 1.54) is 25.0 Å². The highest BCUT2D eigenvalue weighted by Crippen LogP contribution is 2.21. The summed E-state index contributed by atoms with van der Waals surface area (Å²) in [4.78, 5) is 9.12. The molecule has 1 heterocycles. The number of para-hydroxylation sites is 1. The molecule has 2 aromatic rings. The second-order valence-electron chi connectivity index (χ2n) is 4.92. The maximum Gasteiger partial charge on any atom is 0.225 e. The Morgan fingerprint density at radius 2 is 1.90 bits per heavy atom. The van der Waals surface area contributed by atoms with Crippen LogP contribution in [0.15, 0.2) is 24.3 Å². The Balaban J connectivity index is 2.03. The lowest BCUT2D eigenvalue weighted by Gasteiger charge is -2.11. The predicted molar refractivity (Wildman–Crippen MR) is 94.4 cm³/mol. The predicted octanol–water partition coefficient (Wildman–Crippen LogP) is 4.01. The van der Waals surface area contributed by atoms with E-state index in [1.807, 2.05) is 30.0 Å². The van der Waals surface area contributed by atoms with Gasteiger partial charge in [0.1, 0.15) is 5.82 Å². The van der Waals surface area contributed by atoms with Gasteiger partial charge in [-0.15, -0.1) is 0 Å². The second kappa shape index (κ2) is 8.72. The Bertz CT molecular complexity index is 559. The largest absolute Gasteiger partial charge is 0.369 e. The maximum atomic E-state index is 4.59. The van der Waals surface area contributed by atoms with Crippen molar-refractivity contribution in [2.45, 2.75) is 26.2 Å². The highest BCUT2D eigenvalue weighted by Gasteiger charge is 2.06. The number of unbranched alkanes of at least 4 members (excludes halogenated alkanes) is 2. The van der Waals surface area contributed by atoms with Gasteiger partial charge in [0.2, 0.25) is 5.95 Å². The third-order valence-corrected chi connectivity index (χ3v) is 3.95. The number of hydrogen-bond acceptors (Lipinski definition) is 5. The molecule has 0 amide bonds. The number of benzene rings is 1. The molecule has 0 radical (unpaired) electrons. The lowest BCUT2D eigenvalue weighted by atomic mass is 10.2. The quantitative estimate of drug-likeness (QED) is 0.686. The Morgan fingerprint density at radius 1 is 1.05 bits per heavy atom. The van der Waals surface area contributed by atoms with Gasteiger partial charge in [-0.2, -0.15) is 16.7 Å². The van der Waals surface area contributed by atoms with E-state index < -0.39 is 0 Å². The molecule has 0 spiro atoms. The van der Waals surface area contributed by atoms with E-state index in [9.17, 15) is 0 Å². The monoisotopic (exact) mass is 304 g/mol. The second-order valence-corrected chi connectivity index (χ2v) is 5.91. The standard InChI is InChI=1S/C16H24N4S/c1-3-17-16-19-14-10-6-5-9-13(14)15(20-16)18-11-7-4-8-12-21-2/h5-6,9-10H,3-4,7-8,11-12H2,1-2H3,(H2,17,18,19,20). The summed E-state index contributed by atoms with van der Waals surface area (Å²) in [7, 11) is 0. The molecule has 0 bridgehead atoms. The first-order valence-electron chi connectivity index (χ1n) is 7.58. The molecule has 5 heteroatoms. The van der Waals surface area contributed by atoms with Gasteiger partial charge >= 0.3 is 0 Å². The smallest absolute Gasteiger partial charge is 0.225 e. The molecule has 0 aliphatic carbocycles. The van der Waals surface area contributed by atoms with E-state index in [0.717, 1.165) is 29.8 Å². The number of thioether (sulfide) groups is 1. The molecule has 1 aromatic carbocycles. The number of nitrogens with zero attached hydrogens (tertiary/aromatic N) is 2. The molecular weight excluding hydrogens is 280 g/mol. The highest BCUT2D eigenvalue weighted by atomic mass is 32.2. The molecule has 0 fully saturated rings. The van der Waals surface area contributed by atoms with Gasteiger partial charge in [0.05, 0.1) is 5.52 Å². The Kier molecular flexibility index (Phi) is 6.60. The fourth-order valence-corrected chi connectivity index (χ4v) is 2.70. The molecule has 114 valence electrons. The first-order chi connectivity index (χ1) is 10.3. The van der Waals surface area contributed by atoms with E-state index in [0.29, 0.717) is 5.95 Å². The van der Waals surface area contributed by atoms with Crippen LogP contribution in [0.25, 0.3) is 10.9 Å². The zero-order chi connectivity index (χ0) is 14.9. The van der Waals surface area contributed by atoms with Crippen LogP contribution in [0.5, 0.6) is 0 Å². The minimum atomic E-state index is 0.695. The van der Waals surface area contributed by atoms with E-state index in [4.69, 9.17) is 0 Å². The fraction of sp³-hybridized carbons (Fsp3) is 0.500. The Morgan fingerprint density at radius 3 is 2.71 bits per heavy atom. The molecule has 4 nitrogen and oxygen atoms in total. The average Bonchev–Trinajstić information content (AvgIpc) is 2.51. The zero-order valence-corrected chi connectivity index (χ0v) is 13.7. The molecule has 0 saturated heterocycles. The minimum Gasteiger partial charge on any atom is -0.369 e. The summed E-state index contributed by atoms with van der Waals surface area (Å²) >= 11 is 1.92. The number of fused-ring (bicyclic) bond motifs is 1. The van der Waals surface area contributed by atoms with Crippen molar-refractivity contribution in [3.8, 4) is 0 Å². The lowest BCUT2D eigenvalue weighted by molar-refractivity contribution is 0.748. The number of rotatable bonds is 9. The zero-order valence-electron chi connectivity index (χ0n) is 12.9. The minimum absolute atomic E-state index is 0.695. The first kappa shape index (κ1) is 15.9. The highest BCUT2D eigenvalue weighted by molar-refractivity contribution is 7.98. The van der Waals surface area contributed by atoms with Crippen molar-refractivity contribution in [2.75, 3.05) is 35.7 Å². The van der Waals surface area contributed by atoms with Crippen LogP contribution in [0.3, 0.4) is 0 Å². The number of aromatic nitrogens is 2. The summed E-state index contributed by atoms with van der Waals surface area (Å²) in [6.07, 6.45) is 5.88. The van der Waals surface area contributed by atoms with Crippen LogP contribution in [0.4, 0.5) is 11.8 Å². The van der Waals surface area contributed by atoms with E-state index in [1.54, 1.807) is 0 Å². The Labute approximate surface area is 131 Å². The van der Waals surface area contributed by atoms with Crippen LogP contribution in [0, 0.1) is 0 Å². The van der Waals surface area contributed by atoms with Gasteiger partial charge in [0.25, 0.3) is 0 Å². The maximum absolute atomic E-state index is 4.59. The topological polar surface area (TPSA) is 49.8 Å². The van der Waals surface area contributed by atoms with Crippen molar-refractivity contribution in [1.29, 1.82) is 0 Å². The normalized spacial score (nSPS) is 10.8. The number of nitrogens with one attached hydrogen (secondary N) is 2. The summed E-state index contributed by atoms with van der Waals surface area (Å²) in [6, 6.07) is 8.14. The van der Waals surface area contributed by atoms with Crippen molar-refractivity contribution in [3.05, 3.63) is 24.3 Å². The van der Waals surface area contributed by atoms with Crippen LogP contribution >= 0.6 is 11.8 Å². The molecule has 0 atom stereocenters. The SMILES string of the molecule is CCNc1nc(NCCCCCSC)c2ccccc2n1. The summed E-state index contributed by atoms with van der Waals surface area (Å²) in [5.41, 5.74) is 0.980. The van der Waals surface area contributed by atoms with Crippen LogP contribution in [-0.2, 0) is 0 Å².